The molecular weight excluding hydrogens is 446 g/mol. The molecule has 2 heterocycles. The zero-order valence-electron chi connectivity index (χ0n) is 19.0. The van der Waals surface area contributed by atoms with E-state index in [1.54, 1.807) is 6.08 Å². The second-order valence-electron chi connectivity index (χ2n) is 8.28. The molecule has 5 rings (SSSR count). The van der Waals surface area contributed by atoms with Gasteiger partial charge in [0.05, 0.1) is 11.4 Å². The lowest BCUT2D eigenvalue weighted by Crippen LogP contribution is -2.54. The van der Waals surface area contributed by atoms with Crippen LogP contribution in [-0.4, -0.2) is 29.5 Å². The number of anilines is 2. The topological polar surface area (TPSA) is 99.2 Å². The molecule has 0 aromatic heterocycles. The third-order valence-corrected chi connectivity index (χ3v) is 5.94. The van der Waals surface area contributed by atoms with Crippen LogP contribution in [0.25, 0.3) is 10.8 Å². The van der Waals surface area contributed by atoms with Crippen molar-refractivity contribution in [1.29, 1.82) is 0 Å². The molecule has 176 valence electrons. The Bertz CT molecular complexity index is 1410. The number of urea groups is 1. The van der Waals surface area contributed by atoms with Gasteiger partial charge in [0.1, 0.15) is 11.3 Å². The zero-order valence-corrected chi connectivity index (χ0v) is 19.0. The summed E-state index contributed by atoms with van der Waals surface area (Å²) >= 11 is 0. The molecule has 1 fully saturated rings. The van der Waals surface area contributed by atoms with Crippen LogP contribution in [-0.2, 0) is 9.59 Å². The van der Waals surface area contributed by atoms with Crippen LogP contribution in [0.1, 0.15) is 19.8 Å². The number of fused-ring (bicyclic) bond motifs is 2. The standard InChI is InChI=1S/C27H23N3O5/c1-2-3-14-29-22-15-17-6-4-5-7-18(17)16-23(22)35-24(29)13-12-21-25(32)28-27(34)30(26(21)33)19-8-10-20(31)11-9-19/h4-13,15-16,31H,2-3,14H2,1H3,(H,28,32,34)/b21-12+,24-13-. The summed E-state index contributed by atoms with van der Waals surface area (Å²) < 4.78 is 6.12. The number of allylic oxidation sites excluding steroid dienone is 2. The maximum atomic E-state index is 13.1. The molecule has 35 heavy (non-hydrogen) atoms. The van der Waals surface area contributed by atoms with Gasteiger partial charge in [-0.25, -0.2) is 9.69 Å². The highest BCUT2D eigenvalue weighted by Gasteiger charge is 2.37. The van der Waals surface area contributed by atoms with E-state index in [9.17, 15) is 19.5 Å². The lowest BCUT2D eigenvalue weighted by Gasteiger charge is -2.26. The minimum Gasteiger partial charge on any atom is -0.508 e. The molecule has 0 unspecified atom stereocenters. The maximum absolute atomic E-state index is 13.1. The number of rotatable bonds is 5. The average Bonchev–Trinajstić information content (AvgIpc) is 3.18. The Hall–Kier alpha value is -4.59. The Labute approximate surface area is 201 Å². The van der Waals surface area contributed by atoms with Gasteiger partial charge < -0.3 is 14.7 Å². The van der Waals surface area contributed by atoms with E-state index in [2.05, 4.69) is 18.3 Å². The Balaban J connectivity index is 1.50. The normalized spacial score (nSPS) is 17.8. The van der Waals surface area contributed by atoms with Gasteiger partial charge >= 0.3 is 6.03 Å². The van der Waals surface area contributed by atoms with Crippen molar-refractivity contribution >= 4 is 40.0 Å². The summed E-state index contributed by atoms with van der Waals surface area (Å²) in [5.74, 6) is -0.362. The number of imide groups is 2. The number of hydrogen-bond acceptors (Lipinski definition) is 6. The van der Waals surface area contributed by atoms with Gasteiger partial charge in [-0.15, -0.1) is 0 Å². The molecule has 4 amide bonds. The maximum Gasteiger partial charge on any atom is 0.335 e. The molecule has 0 atom stereocenters. The van der Waals surface area contributed by atoms with Gasteiger partial charge in [-0.05, 0) is 65.7 Å². The molecular formula is C27H23N3O5. The number of carbonyl (C=O) groups excluding carboxylic acids is 3. The second-order valence-corrected chi connectivity index (χ2v) is 8.28. The summed E-state index contributed by atoms with van der Waals surface area (Å²) in [4.78, 5) is 40.9. The van der Waals surface area contributed by atoms with E-state index in [-0.39, 0.29) is 17.0 Å². The van der Waals surface area contributed by atoms with Crippen LogP contribution >= 0.6 is 0 Å². The van der Waals surface area contributed by atoms with Crippen LogP contribution in [0, 0.1) is 0 Å². The first kappa shape index (κ1) is 22.2. The number of benzene rings is 3. The highest BCUT2D eigenvalue weighted by Crippen LogP contribution is 2.42. The van der Waals surface area contributed by atoms with Gasteiger partial charge in [0.2, 0.25) is 5.88 Å². The van der Waals surface area contributed by atoms with Crippen LogP contribution in [0.2, 0.25) is 0 Å². The van der Waals surface area contributed by atoms with E-state index in [1.807, 2.05) is 35.2 Å². The third kappa shape index (κ3) is 4.10. The number of barbiturate groups is 1. The molecule has 2 N–H and O–H groups in total. The van der Waals surface area contributed by atoms with Gasteiger partial charge in [-0.3, -0.25) is 14.9 Å². The largest absolute Gasteiger partial charge is 0.508 e. The van der Waals surface area contributed by atoms with Gasteiger partial charge in [0, 0.05) is 6.54 Å². The second kappa shape index (κ2) is 8.98. The van der Waals surface area contributed by atoms with Crippen molar-refractivity contribution in [3.63, 3.8) is 0 Å². The Morgan fingerprint density at radius 1 is 0.971 bits per heavy atom. The Morgan fingerprint density at radius 2 is 1.69 bits per heavy atom. The lowest BCUT2D eigenvalue weighted by atomic mass is 10.1. The van der Waals surface area contributed by atoms with Crippen LogP contribution < -0.4 is 19.9 Å². The molecule has 0 bridgehead atoms. The van der Waals surface area contributed by atoms with E-state index in [0.29, 0.717) is 18.2 Å². The summed E-state index contributed by atoms with van der Waals surface area (Å²) in [7, 11) is 0. The first-order chi connectivity index (χ1) is 17.0. The first-order valence-electron chi connectivity index (χ1n) is 11.3. The molecule has 0 radical (unpaired) electrons. The van der Waals surface area contributed by atoms with Crippen LogP contribution in [0.15, 0.2) is 84.3 Å². The molecule has 1 saturated heterocycles. The van der Waals surface area contributed by atoms with Crippen LogP contribution in [0.5, 0.6) is 11.5 Å². The van der Waals surface area contributed by atoms with Gasteiger partial charge in [-0.2, -0.15) is 0 Å². The lowest BCUT2D eigenvalue weighted by molar-refractivity contribution is -0.122. The van der Waals surface area contributed by atoms with Crippen LogP contribution in [0.3, 0.4) is 0 Å². The minimum atomic E-state index is -0.851. The van der Waals surface area contributed by atoms with Gasteiger partial charge in [0.15, 0.2) is 5.75 Å². The van der Waals surface area contributed by atoms with Crippen molar-refractivity contribution in [3.05, 3.63) is 84.3 Å². The number of ether oxygens (including phenoxy) is 1. The van der Waals surface area contributed by atoms with Gasteiger partial charge in [0.25, 0.3) is 11.8 Å². The molecule has 2 aliphatic rings. The summed E-state index contributed by atoms with van der Waals surface area (Å²) in [6.45, 7) is 2.80. The van der Waals surface area contributed by atoms with Crippen molar-refractivity contribution in [2.24, 2.45) is 0 Å². The van der Waals surface area contributed by atoms with Gasteiger partial charge in [-0.1, -0.05) is 37.6 Å². The van der Waals surface area contributed by atoms with Crippen molar-refractivity contribution in [3.8, 4) is 11.5 Å². The monoisotopic (exact) mass is 469 g/mol. The molecule has 0 aliphatic carbocycles. The number of unbranched alkanes of at least 4 members (excludes halogenated alkanes) is 1. The first-order valence-corrected chi connectivity index (χ1v) is 11.3. The quantitative estimate of drug-likeness (QED) is 0.419. The third-order valence-electron chi connectivity index (χ3n) is 5.94. The predicted molar refractivity (Wildman–Crippen MR) is 132 cm³/mol. The van der Waals surface area contributed by atoms with E-state index in [0.717, 1.165) is 34.2 Å². The summed E-state index contributed by atoms with van der Waals surface area (Å²) in [6.07, 6.45) is 4.86. The van der Waals surface area contributed by atoms with Crippen molar-refractivity contribution < 1.29 is 24.2 Å². The smallest absolute Gasteiger partial charge is 0.335 e. The molecule has 0 spiro atoms. The number of hydrogen-bond donors (Lipinski definition) is 2. The average molecular weight is 469 g/mol. The molecule has 8 nitrogen and oxygen atoms in total. The summed E-state index contributed by atoms with van der Waals surface area (Å²) in [5.41, 5.74) is 0.949. The molecule has 3 aromatic carbocycles. The van der Waals surface area contributed by atoms with Crippen molar-refractivity contribution in [2.45, 2.75) is 19.8 Å². The highest BCUT2D eigenvalue weighted by molar-refractivity contribution is 6.37. The number of aromatic hydroxyl groups is 1. The number of phenolic OH excluding ortho intramolecular Hbond substituents is 1. The number of nitrogens with one attached hydrogen (secondary N) is 1. The molecule has 3 aromatic rings. The van der Waals surface area contributed by atoms with Crippen molar-refractivity contribution in [2.75, 3.05) is 16.3 Å². The zero-order chi connectivity index (χ0) is 24.5. The number of phenols is 1. The Morgan fingerprint density at radius 3 is 2.40 bits per heavy atom. The highest BCUT2D eigenvalue weighted by atomic mass is 16.5. The van der Waals surface area contributed by atoms with E-state index < -0.39 is 17.8 Å². The van der Waals surface area contributed by atoms with E-state index in [1.165, 1.54) is 30.3 Å². The fourth-order valence-corrected chi connectivity index (χ4v) is 4.13. The van der Waals surface area contributed by atoms with Crippen molar-refractivity contribution in [1.82, 2.24) is 5.32 Å². The summed E-state index contributed by atoms with van der Waals surface area (Å²) in [5, 5.41) is 13.8. The molecule has 2 aliphatic heterocycles. The van der Waals surface area contributed by atoms with E-state index in [4.69, 9.17) is 4.74 Å². The van der Waals surface area contributed by atoms with Crippen LogP contribution in [0.4, 0.5) is 16.2 Å². The number of amides is 4. The minimum absolute atomic E-state index is 0.00651. The number of carbonyl (C=O) groups is 3. The number of nitrogens with zero attached hydrogens (tertiary/aromatic N) is 2. The molecule has 0 saturated carbocycles. The fourth-order valence-electron chi connectivity index (χ4n) is 4.13. The Kier molecular flexibility index (Phi) is 5.70. The predicted octanol–water partition coefficient (Wildman–Crippen LogP) is 4.60. The molecule has 8 heteroatoms. The summed E-state index contributed by atoms with van der Waals surface area (Å²) in [6, 6.07) is 16.8. The van der Waals surface area contributed by atoms with E-state index >= 15 is 0 Å². The SMILES string of the molecule is CCCCN1/C(=C/C=C2\C(=O)NC(=O)N(c3ccc(O)cc3)C2=O)Oc2cc3ccccc3cc21. The fraction of sp³-hybridized carbons (Fsp3) is 0.148.